The lowest BCUT2D eigenvalue weighted by molar-refractivity contribution is 0.697. The molecule has 0 spiro atoms. The van der Waals surface area contributed by atoms with Crippen molar-refractivity contribution in [1.29, 1.82) is 0 Å². The number of anilines is 1. The molecule has 0 saturated carbocycles. The Hall–Kier alpha value is -2.26. The van der Waals surface area contributed by atoms with Crippen LogP contribution in [0.25, 0.3) is 11.3 Å². The second-order valence-electron chi connectivity index (χ2n) is 5.02. The molecule has 0 aliphatic carbocycles. The number of nitrogens with two attached hydrogens (primary N) is 1. The molecule has 0 fully saturated rings. The van der Waals surface area contributed by atoms with Crippen LogP contribution >= 0.6 is 11.6 Å². The van der Waals surface area contributed by atoms with E-state index in [0.717, 1.165) is 11.3 Å². The van der Waals surface area contributed by atoms with Crippen LogP contribution in [0.2, 0.25) is 5.02 Å². The molecule has 0 atom stereocenters. The molecule has 2 aromatic carbocycles. The summed E-state index contributed by atoms with van der Waals surface area (Å²) < 4.78 is 1.81. The van der Waals surface area contributed by atoms with E-state index in [4.69, 9.17) is 17.3 Å². The molecule has 21 heavy (non-hydrogen) atoms. The van der Waals surface area contributed by atoms with Crippen molar-refractivity contribution in [2.45, 2.75) is 13.5 Å². The average molecular weight is 298 g/mol. The number of halogens is 1. The quantitative estimate of drug-likeness (QED) is 0.789. The number of hydrogen-bond acceptors (Lipinski definition) is 2. The lowest BCUT2D eigenvalue weighted by Crippen LogP contribution is -2.06. The van der Waals surface area contributed by atoms with E-state index in [9.17, 15) is 0 Å². The summed E-state index contributed by atoms with van der Waals surface area (Å²) in [4.78, 5) is 0. The second kappa shape index (κ2) is 5.62. The van der Waals surface area contributed by atoms with E-state index in [1.54, 1.807) is 4.68 Å². The van der Waals surface area contributed by atoms with Crippen molar-refractivity contribution in [3.05, 3.63) is 70.7 Å². The van der Waals surface area contributed by atoms with Gasteiger partial charge < -0.3 is 5.73 Å². The lowest BCUT2D eigenvalue weighted by atomic mass is 10.1. The number of benzene rings is 2. The summed E-state index contributed by atoms with van der Waals surface area (Å²) in [5, 5.41) is 5.26. The molecule has 3 nitrogen and oxygen atoms in total. The van der Waals surface area contributed by atoms with Crippen LogP contribution in [0.15, 0.2) is 54.6 Å². The molecule has 3 rings (SSSR count). The normalized spacial score (nSPS) is 10.8. The van der Waals surface area contributed by atoms with Gasteiger partial charge >= 0.3 is 0 Å². The number of rotatable bonds is 3. The van der Waals surface area contributed by atoms with Gasteiger partial charge in [-0.25, -0.2) is 4.68 Å². The summed E-state index contributed by atoms with van der Waals surface area (Å²) in [6, 6.07) is 17.7. The first-order valence-corrected chi connectivity index (χ1v) is 7.15. The largest absolute Gasteiger partial charge is 0.384 e. The minimum Gasteiger partial charge on any atom is -0.384 e. The topological polar surface area (TPSA) is 43.8 Å². The second-order valence-corrected chi connectivity index (χ2v) is 5.43. The lowest BCUT2D eigenvalue weighted by Gasteiger charge is -2.07. The molecule has 0 aliphatic rings. The van der Waals surface area contributed by atoms with Gasteiger partial charge in [0.15, 0.2) is 0 Å². The van der Waals surface area contributed by atoms with E-state index >= 15 is 0 Å². The Bertz CT molecular complexity index is 777. The first-order valence-electron chi connectivity index (χ1n) is 6.78. The van der Waals surface area contributed by atoms with Gasteiger partial charge in [0.1, 0.15) is 5.82 Å². The molecule has 0 saturated heterocycles. The SMILES string of the molecule is Cc1ccccc1Cn1nc(-c2ccccc2Cl)cc1N. The number of aryl methyl sites for hydroxylation is 1. The van der Waals surface area contributed by atoms with Crippen LogP contribution in [-0.4, -0.2) is 9.78 Å². The Labute approximate surface area is 129 Å². The van der Waals surface area contributed by atoms with Gasteiger partial charge in [-0.05, 0) is 24.1 Å². The van der Waals surface area contributed by atoms with Crippen molar-refractivity contribution >= 4 is 17.4 Å². The van der Waals surface area contributed by atoms with Gasteiger partial charge in [-0.3, -0.25) is 0 Å². The monoisotopic (exact) mass is 297 g/mol. The van der Waals surface area contributed by atoms with E-state index < -0.39 is 0 Å². The van der Waals surface area contributed by atoms with Gasteiger partial charge in [0.2, 0.25) is 0 Å². The molecular weight excluding hydrogens is 282 g/mol. The maximum atomic E-state index is 6.22. The number of nitrogens with zero attached hydrogens (tertiary/aromatic N) is 2. The van der Waals surface area contributed by atoms with Crippen molar-refractivity contribution in [1.82, 2.24) is 9.78 Å². The van der Waals surface area contributed by atoms with Gasteiger partial charge in [-0.1, -0.05) is 54.1 Å². The van der Waals surface area contributed by atoms with E-state index in [-0.39, 0.29) is 0 Å². The van der Waals surface area contributed by atoms with E-state index in [2.05, 4.69) is 24.2 Å². The van der Waals surface area contributed by atoms with E-state index in [1.807, 2.05) is 42.5 Å². The number of hydrogen-bond donors (Lipinski definition) is 1. The maximum absolute atomic E-state index is 6.22. The highest BCUT2D eigenvalue weighted by molar-refractivity contribution is 6.33. The van der Waals surface area contributed by atoms with Crippen molar-refractivity contribution in [3.8, 4) is 11.3 Å². The van der Waals surface area contributed by atoms with Crippen molar-refractivity contribution in [2.24, 2.45) is 0 Å². The Morgan fingerprint density at radius 3 is 2.57 bits per heavy atom. The molecule has 4 heteroatoms. The van der Waals surface area contributed by atoms with E-state index in [0.29, 0.717) is 17.4 Å². The van der Waals surface area contributed by atoms with Gasteiger partial charge in [-0.15, -0.1) is 0 Å². The van der Waals surface area contributed by atoms with Crippen LogP contribution in [0.1, 0.15) is 11.1 Å². The van der Waals surface area contributed by atoms with Gasteiger partial charge in [0, 0.05) is 11.6 Å². The molecule has 0 aliphatic heterocycles. The van der Waals surface area contributed by atoms with Crippen LogP contribution in [0.3, 0.4) is 0 Å². The molecule has 0 unspecified atom stereocenters. The first kappa shape index (κ1) is 13.7. The smallest absolute Gasteiger partial charge is 0.122 e. The highest BCUT2D eigenvalue weighted by Gasteiger charge is 2.10. The third-order valence-corrected chi connectivity index (χ3v) is 3.87. The number of nitrogen functional groups attached to an aromatic ring is 1. The fraction of sp³-hybridized carbons (Fsp3) is 0.118. The molecule has 0 amide bonds. The molecule has 0 bridgehead atoms. The van der Waals surface area contributed by atoms with Gasteiger partial charge in [0.25, 0.3) is 0 Å². The fourth-order valence-electron chi connectivity index (χ4n) is 2.31. The highest BCUT2D eigenvalue weighted by atomic mass is 35.5. The Balaban J connectivity index is 1.96. The third-order valence-electron chi connectivity index (χ3n) is 3.54. The van der Waals surface area contributed by atoms with Crippen LogP contribution in [-0.2, 0) is 6.54 Å². The third kappa shape index (κ3) is 2.78. The molecule has 1 aromatic heterocycles. The first-order chi connectivity index (χ1) is 10.1. The predicted octanol–water partition coefficient (Wildman–Crippen LogP) is 4.14. The van der Waals surface area contributed by atoms with Crippen molar-refractivity contribution < 1.29 is 0 Å². The summed E-state index contributed by atoms with van der Waals surface area (Å²) in [5.41, 5.74) is 10.2. The summed E-state index contributed by atoms with van der Waals surface area (Å²) in [7, 11) is 0. The zero-order chi connectivity index (χ0) is 14.8. The van der Waals surface area contributed by atoms with Crippen LogP contribution in [0, 0.1) is 6.92 Å². The fourth-order valence-corrected chi connectivity index (χ4v) is 2.54. The van der Waals surface area contributed by atoms with Crippen molar-refractivity contribution in [2.75, 3.05) is 5.73 Å². The standard InChI is InChI=1S/C17H16ClN3/c1-12-6-2-3-7-13(12)11-21-17(19)10-16(20-21)14-8-4-5-9-15(14)18/h2-10H,11,19H2,1H3. The van der Waals surface area contributed by atoms with Gasteiger partial charge in [-0.2, -0.15) is 5.10 Å². The Morgan fingerprint density at radius 2 is 1.81 bits per heavy atom. The van der Waals surface area contributed by atoms with Crippen LogP contribution in [0.4, 0.5) is 5.82 Å². The zero-order valence-electron chi connectivity index (χ0n) is 11.8. The minimum absolute atomic E-state index is 0.633. The summed E-state index contributed by atoms with van der Waals surface area (Å²) >= 11 is 6.22. The molecular formula is C17H16ClN3. The van der Waals surface area contributed by atoms with Crippen LogP contribution in [0.5, 0.6) is 0 Å². The molecule has 1 heterocycles. The highest BCUT2D eigenvalue weighted by Crippen LogP contribution is 2.28. The van der Waals surface area contributed by atoms with Crippen LogP contribution < -0.4 is 5.73 Å². The Morgan fingerprint density at radius 1 is 1.10 bits per heavy atom. The van der Waals surface area contributed by atoms with E-state index in [1.165, 1.54) is 11.1 Å². The molecule has 3 aromatic rings. The van der Waals surface area contributed by atoms with Crippen molar-refractivity contribution in [3.63, 3.8) is 0 Å². The molecule has 106 valence electrons. The Kier molecular flexibility index (Phi) is 3.67. The summed E-state index contributed by atoms with van der Waals surface area (Å²) in [6.45, 7) is 2.74. The maximum Gasteiger partial charge on any atom is 0.122 e. The van der Waals surface area contributed by atoms with Gasteiger partial charge in [0.05, 0.1) is 17.3 Å². The number of aromatic nitrogens is 2. The predicted molar refractivity (Wildman–Crippen MR) is 87.4 cm³/mol. The average Bonchev–Trinajstić information content (AvgIpc) is 2.83. The zero-order valence-corrected chi connectivity index (χ0v) is 12.5. The molecule has 2 N–H and O–H groups in total. The summed E-state index contributed by atoms with van der Waals surface area (Å²) in [6.07, 6.45) is 0. The summed E-state index contributed by atoms with van der Waals surface area (Å²) in [5.74, 6) is 0.633. The molecule has 0 radical (unpaired) electrons. The minimum atomic E-state index is 0.633.